The summed E-state index contributed by atoms with van der Waals surface area (Å²) in [6.45, 7) is 3.93. The quantitative estimate of drug-likeness (QED) is 0.121. The van der Waals surface area contributed by atoms with Gasteiger partial charge in [-0.15, -0.1) is 0 Å². The first kappa shape index (κ1) is 25.6. The van der Waals surface area contributed by atoms with Crippen LogP contribution in [0.1, 0.15) is 63.0 Å². The molecule has 2 atom stereocenters. The molecule has 35 heavy (non-hydrogen) atoms. The lowest BCUT2D eigenvalue weighted by Gasteiger charge is -2.13. The van der Waals surface area contributed by atoms with Crippen molar-refractivity contribution in [3.63, 3.8) is 0 Å². The van der Waals surface area contributed by atoms with Gasteiger partial charge < -0.3 is 9.47 Å². The summed E-state index contributed by atoms with van der Waals surface area (Å²) in [7, 11) is 3.94. The van der Waals surface area contributed by atoms with Crippen molar-refractivity contribution in [2.24, 2.45) is 0 Å². The van der Waals surface area contributed by atoms with E-state index >= 15 is 0 Å². The Morgan fingerprint density at radius 1 is 0.971 bits per heavy atom. The molecule has 1 heterocycles. The van der Waals surface area contributed by atoms with Crippen molar-refractivity contribution in [2.45, 2.75) is 63.5 Å². The van der Waals surface area contributed by atoms with Gasteiger partial charge in [0, 0.05) is 17.4 Å². The Hall–Kier alpha value is -2.44. The van der Waals surface area contributed by atoms with E-state index in [1.807, 2.05) is 83.1 Å². The molecule has 3 aromatic carbocycles. The minimum atomic E-state index is -0.400. The molecule has 0 saturated carbocycles. The second-order valence-corrected chi connectivity index (χ2v) is 11.7. The van der Waals surface area contributed by atoms with Gasteiger partial charge in [0.25, 0.3) is 0 Å². The van der Waals surface area contributed by atoms with Crippen molar-refractivity contribution in [2.75, 3.05) is 5.75 Å². The second-order valence-electron chi connectivity index (χ2n) is 8.96. The molecular formula is C29H32O4S2. The lowest BCUT2D eigenvalue weighted by Crippen LogP contribution is -2.16. The molecule has 0 bridgehead atoms. The topological polar surface area (TPSA) is 52.6 Å². The number of aryl methyl sites for hydroxylation is 1. The van der Waals surface area contributed by atoms with E-state index in [1.165, 1.54) is 18.6 Å². The monoisotopic (exact) mass is 508 g/mol. The van der Waals surface area contributed by atoms with Crippen LogP contribution in [0, 0.1) is 0 Å². The van der Waals surface area contributed by atoms with Gasteiger partial charge in [-0.2, -0.15) is 0 Å². The van der Waals surface area contributed by atoms with Crippen LogP contribution >= 0.6 is 21.6 Å². The van der Waals surface area contributed by atoms with Crippen LogP contribution in [0.15, 0.2) is 60.7 Å². The first-order chi connectivity index (χ1) is 17.0. The van der Waals surface area contributed by atoms with Crippen molar-refractivity contribution >= 4 is 44.3 Å². The molecule has 0 aromatic heterocycles. The molecule has 0 radical (unpaired) electrons. The maximum Gasteiger partial charge on any atom is 0.318 e. The maximum atomic E-state index is 12.7. The summed E-state index contributed by atoms with van der Waals surface area (Å²) in [5, 5.41) is 2.70. The van der Waals surface area contributed by atoms with Gasteiger partial charge in [-0.3, -0.25) is 9.59 Å². The number of rotatable bonds is 10. The van der Waals surface area contributed by atoms with Crippen LogP contribution in [-0.2, 0) is 16.0 Å². The first-order valence-electron chi connectivity index (χ1n) is 12.3. The zero-order chi connectivity index (χ0) is 24.6. The van der Waals surface area contributed by atoms with Crippen LogP contribution in [0.5, 0.6) is 11.5 Å². The highest BCUT2D eigenvalue weighted by molar-refractivity contribution is 8.77. The fraction of sp³-hybridized carbons (Fsp3) is 0.379. The van der Waals surface area contributed by atoms with Crippen molar-refractivity contribution in [1.82, 2.24) is 0 Å². The molecule has 1 fully saturated rings. The first-order valence-corrected chi connectivity index (χ1v) is 14.7. The maximum absolute atomic E-state index is 12.7. The van der Waals surface area contributed by atoms with Gasteiger partial charge in [0.05, 0.1) is 5.92 Å². The highest BCUT2D eigenvalue weighted by atomic mass is 33.1. The number of unbranched alkanes of at least 4 members (excludes halogenated alkanes) is 1. The molecule has 0 unspecified atom stereocenters. The third-order valence-electron chi connectivity index (χ3n) is 6.33. The van der Waals surface area contributed by atoms with E-state index in [9.17, 15) is 9.59 Å². The molecule has 0 N–H and O–H groups in total. The van der Waals surface area contributed by atoms with Gasteiger partial charge >= 0.3 is 11.9 Å². The number of esters is 2. The van der Waals surface area contributed by atoms with E-state index in [2.05, 4.69) is 6.92 Å². The normalized spacial score (nSPS) is 16.2. The molecule has 3 aromatic rings. The fourth-order valence-electron chi connectivity index (χ4n) is 4.13. The van der Waals surface area contributed by atoms with Gasteiger partial charge in [-0.05, 0) is 78.8 Å². The lowest BCUT2D eigenvalue weighted by molar-refractivity contribution is -0.136. The van der Waals surface area contributed by atoms with Crippen LogP contribution in [0.2, 0.25) is 0 Å². The molecule has 184 valence electrons. The predicted molar refractivity (Wildman–Crippen MR) is 146 cm³/mol. The van der Waals surface area contributed by atoms with E-state index in [0.717, 1.165) is 46.4 Å². The second kappa shape index (κ2) is 12.5. The highest BCUT2D eigenvalue weighted by Crippen LogP contribution is 2.40. The van der Waals surface area contributed by atoms with Crippen LogP contribution in [0.4, 0.5) is 0 Å². The van der Waals surface area contributed by atoms with Crippen molar-refractivity contribution in [3.05, 3.63) is 71.8 Å². The summed E-state index contributed by atoms with van der Waals surface area (Å²) in [6, 6.07) is 19.1. The summed E-state index contributed by atoms with van der Waals surface area (Å²) in [5.41, 5.74) is 2.02. The zero-order valence-electron chi connectivity index (χ0n) is 20.3. The smallest absolute Gasteiger partial charge is 0.318 e. The van der Waals surface area contributed by atoms with Crippen molar-refractivity contribution in [1.29, 1.82) is 0 Å². The Balaban J connectivity index is 1.32. The van der Waals surface area contributed by atoms with Crippen LogP contribution < -0.4 is 9.47 Å². The number of hydrogen-bond donors (Lipinski definition) is 0. The third-order valence-corrected chi connectivity index (χ3v) is 9.34. The third kappa shape index (κ3) is 7.28. The Morgan fingerprint density at radius 3 is 2.57 bits per heavy atom. The minimum Gasteiger partial charge on any atom is -0.427 e. The number of hydrogen-bond acceptors (Lipinski definition) is 6. The van der Waals surface area contributed by atoms with E-state index < -0.39 is 5.92 Å². The highest BCUT2D eigenvalue weighted by Gasteiger charge is 2.19. The number of fused-ring (bicyclic) bond motifs is 1. The van der Waals surface area contributed by atoms with E-state index in [1.54, 1.807) is 6.07 Å². The SMILES string of the molecule is CCc1cccc(OC(=O)[C@@H](C)c2ccc3cc(OC(=O)CCCC[C@@H]4CCSS4)ccc3c2)c1. The molecule has 0 amide bonds. The Morgan fingerprint density at radius 2 is 1.77 bits per heavy atom. The summed E-state index contributed by atoms with van der Waals surface area (Å²) in [5.74, 6) is 1.51. The average Bonchev–Trinajstić information content (AvgIpc) is 3.39. The predicted octanol–water partition coefficient (Wildman–Crippen LogP) is 7.73. The number of carbonyl (C=O) groups excluding carboxylic acids is 2. The van der Waals surface area contributed by atoms with Gasteiger partial charge in [0.2, 0.25) is 0 Å². The van der Waals surface area contributed by atoms with Crippen molar-refractivity contribution in [3.8, 4) is 11.5 Å². The van der Waals surface area contributed by atoms with Gasteiger partial charge in [-0.1, -0.05) is 71.3 Å². The van der Waals surface area contributed by atoms with Crippen LogP contribution in [-0.4, -0.2) is 22.9 Å². The summed E-state index contributed by atoms with van der Waals surface area (Å²) < 4.78 is 11.2. The Bertz CT molecular complexity index is 1170. The molecule has 4 rings (SSSR count). The Labute approximate surface area is 215 Å². The average molecular weight is 509 g/mol. The summed E-state index contributed by atoms with van der Waals surface area (Å²) in [6.07, 6.45) is 5.74. The molecule has 6 heteroatoms. The van der Waals surface area contributed by atoms with Crippen LogP contribution in [0.3, 0.4) is 0 Å². The molecule has 1 aliphatic heterocycles. The van der Waals surface area contributed by atoms with Crippen molar-refractivity contribution < 1.29 is 19.1 Å². The summed E-state index contributed by atoms with van der Waals surface area (Å²) in [4.78, 5) is 25.0. The molecular weight excluding hydrogens is 476 g/mol. The number of carbonyl (C=O) groups is 2. The number of benzene rings is 3. The largest absolute Gasteiger partial charge is 0.427 e. The molecule has 0 spiro atoms. The number of ether oxygens (including phenoxy) is 2. The lowest BCUT2D eigenvalue weighted by atomic mass is 9.98. The van der Waals surface area contributed by atoms with E-state index in [0.29, 0.717) is 17.9 Å². The van der Waals surface area contributed by atoms with Gasteiger partial charge in [0.1, 0.15) is 11.5 Å². The zero-order valence-corrected chi connectivity index (χ0v) is 22.0. The standard InChI is InChI=1S/C29H32O4S2/c1-3-21-7-6-8-25(17-21)33-29(31)20(2)22-11-12-24-19-26(14-13-23(24)18-22)32-28(30)10-5-4-9-27-15-16-34-35-27/h6-8,11-14,17-20,27H,3-5,9-10,15-16H2,1-2H3/t20-,27+/m0/s1. The summed E-state index contributed by atoms with van der Waals surface area (Å²) >= 11 is 0. The van der Waals surface area contributed by atoms with E-state index in [4.69, 9.17) is 9.47 Å². The molecule has 0 aliphatic carbocycles. The van der Waals surface area contributed by atoms with Gasteiger partial charge in [0.15, 0.2) is 0 Å². The van der Waals surface area contributed by atoms with E-state index in [-0.39, 0.29) is 11.9 Å². The fourth-order valence-corrected chi connectivity index (χ4v) is 7.16. The van der Waals surface area contributed by atoms with Gasteiger partial charge in [-0.25, -0.2) is 0 Å². The Kier molecular flexibility index (Phi) is 9.16. The minimum absolute atomic E-state index is 0.182. The molecule has 1 saturated heterocycles. The molecule has 4 nitrogen and oxygen atoms in total. The molecule has 1 aliphatic rings. The van der Waals surface area contributed by atoms with Crippen LogP contribution in [0.25, 0.3) is 10.8 Å².